The summed E-state index contributed by atoms with van der Waals surface area (Å²) in [6.07, 6.45) is 7.70. The zero-order chi connectivity index (χ0) is 8.27. The van der Waals surface area contributed by atoms with Gasteiger partial charge in [0.15, 0.2) is 0 Å². The lowest BCUT2D eigenvalue weighted by molar-refractivity contribution is 0.713. The van der Waals surface area contributed by atoms with Gasteiger partial charge in [-0.05, 0) is 43.4 Å². The first-order valence-corrected chi connectivity index (χ1v) is 4.64. The van der Waals surface area contributed by atoms with Crippen LogP contribution in [0.25, 0.3) is 0 Å². The van der Waals surface area contributed by atoms with Crippen LogP contribution >= 0.6 is 0 Å². The molecule has 0 N–H and O–H groups in total. The molecule has 0 saturated carbocycles. The van der Waals surface area contributed by atoms with E-state index >= 15 is 0 Å². The first-order valence-electron chi connectivity index (χ1n) is 4.64. The number of hydrogen-bond acceptors (Lipinski definition) is 0. The smallest absolute Gasteiger partial charge is 0.0276 e. The molecule has 11 heavy (non-hydrogen) atoms. The lowest BCUT2D eigenvalue weighted by Gasteiger charge is -2.18. The summed E-state index contributed by atoms with van der Waals surface area (Å²) in [7, 11) is 0. The van der Waals surface area contributed by atoms with E-state index in [0.29, 0.717) is 0 Å². The van der Waals surface area contributed by atoms with Crippen LogP contribution in [0.15, 0.2) is 22.8 Å². The third-order valence-electron chi connectivity index (χ3n) is 2.51. The molecule has 0 radical (unpaired) electrons. The van der Waals surface area contributed by atoms with Crippen molar-refractivity contribution in [1.29, 1.82) is 0 Å². The van der Waals surface area contributed by atoms with E-state index in [1.54, 1.807) is 11.1 Å². The van der Waals surface area contributed by atoms with Gasteiger partial charge >= 0.3 is 0 Å². The van der Waals surface area contributed by atoms with Crippen LogP contribution in [0, 0.1) is 0 Å². The van der Waals surface area contributed by atoms with Gasteiger partial charge in [0.25, 0.3) is 0 Å². The van der Waals surface area contributed by atoms with Crippen LogP contribution in [-0.4, -0.2) is 0 Å². The number of unbranched alkanes of at least 4 members (excludes halogenated alkanes) is 2. The minimum absolute atomic E-state index is 1.30. The van der Waals surface area contributed by atoms with Crippen molar-refractivity contribution in [2.75, 3.05) is 0 Å². The maximum absolute atomic E-state index is 2.32. The highest BCUT2D eigenvalue weighted by atomic mass is 14.2. The molecule has 0 aromatic carbocycles. The molecule has 0 amide bonds. The molecule has 1 aliphatic rings. The van der Waals surface area contributed by atoms with Crippen molar-refractivity contribution >= 4 is 0 Å². The SMILES string of the molecule is CCCCCC1=C(C)C(C)=C1. The minimum atomic E-state index is 1.30. The van der Waals surface area contributed by atoms with Gasteiger partial charge in [0.05, 0.1) is 0 Å². The largest absolute Gasteiger partial charge is 0.0654 e. The van der Waals surface area contributed by atoms with Gasteiger partial charge in [-0.15, -0.1) is 0 Å². The fourth-order valence-electron chi connectivity index (χ4n) is 1.48. The molecule has 62 valence electrons. The number of hydrogen-bond donors (Lipinski definition) is 0. The topological polar surface area (TPSA) is 0 Å². The molecular weight excluding hydrogens is 132 g/mol. The summed E-state index contributed by atoms with van der Waals surface area (Å²) in [4.78, 5) is 0. The van der Waals surface area contributed by atoms with Crippen LogP contribution in [0.5, 0.6) is 0 Å². The van der Waals surface area contributed by atoms with Crippen molar-refractivity contribution < 1.29 is 0 Å². The summed E-state index contributed by atoms with van der Waals surface area (Å²) in [5, 5.41) is 0. The van der Waals surface area contributed by atoms with Crippen molar-refractivity contribution in [2.45, 2.75) is 46.5 Å². The molecule has 1 aliphatic carbocycles. The molecule has 0 aromatic heterocycles. The normalized spacial score (nSPS) is 16.5. The molecule has 0 spiro atoms. The summed E-state index contributed by atoms with van der Waals surface area (Å²) in [5.41, 5.74) is 4.62. The van der Waals surface area contributed by atoms with E-state index in [-0.39, 0.29) is 0 Å². The fraction of sp³-hybridized carbons (Fsp3) is 0.636. The van der Waals surface area contributed by atoms with Gasteiger partial charge < -0.3 is 0 Å². The standard InChI is InChI=1S/C11H18/c1-4-5-6-7-11-8-9(2)10(11)3/h8H,4-7H2,1-3H3. The summed E-state index contributed by atoms with van der Waals surface area (Å²) < 4.78 is 0. The van der Waals surface area contributed by atoms with Gasteiger partial charge in [-0.1, -0.05) is 25.8 Å². The van der Waals surface area contributed by atoms with E-state index in [4.69, 9.17) is 0 Å². The predicted molar refractivity (Wildman–Crippen MR) is 50.6 cm³/mol. The van der Waals surface area contributed by atoms with Gasteiger partial charge in [0.1, 0.15) is 0 Å². The lowest BCUT2D eigenvalue weighted by Crippen LogP contribution is -1.98. The van der Waals surface area contributed by atoms with Crippen molar-refractivity contribution in [3.63, 3.8) is 0 Å². The Morgan fingerprint density at radius 2 is 1.91 bits per heavy atom. The third kappa shape index (κ3) is 1.95. The van der Waals surface area contributed by atoms with Gasteiger partial charge in [0.2, 0.25) is 0 Å². The summed E-state index contributed by atoms with van der Waals surface area (Å²) in [6, 6.07) is 0. The maximum atomic E-state index is 2.32. The fourth-order valence-corrected chi connectivity index (χ4v) is 1.48. The Kier molecular flexibility index (Phi) is 2.92. The second-order valence-electron chi connectivity index (χ2n) is 3.43. The van der Waals surface area contributed by atoms with Gasteiger partial charge in [-0.2, -0.15) is 0 Å². The highest BCUT2D eigenvalue weighted by Crippen LogP contribution is 2.29. The quantitative estimate of drug-likeness (QED) is 0.534. The second-order valence-corrected chi connectivity index (χ2v) is 3.43. The first kappa shape index (κ1) is 8.58. The summed E-state index contributed by atoms with van der Waals surface area (Å²) in [6.45, 7) is 6.68. The average Bonchev–Trinajstić information content (AvgIpc) is 2.03. The molecular formula is C11H18. The van der Waals surface area contributed by atoms with E-state index in [9.17, 15) is 0 Å². The Balaban J connectivity index is 2.20. The zero-order valence-corrected chi connectivity index (χ0v) is 7.91. The number of allylic oxidation sites excluding steroid dienone is 4. The van der Waals surface area contributed by atoms with E-state index < -0.39 is 0 Å². The van der Waals surface area contributed by atoms with Crippen LogP contribution in [-0.2, 0) is 0 Å². The molecule has 0 heteroatoms. The van der Waals surface area contributed by atoms with Gasteiger partial charge in [0, 0.05) is 0 Å². The predicted octanol–water partition coefficient (Wildman–Crippen LogP) is 3.84. The Labute approximate surface area is 70.0 Å². The third-order valence-corrected chi connectivity index (χ3v) is 2.51. The molecule has 1 rings (SSSR count). The number of rotatable bonds is 4. The molecule has 0 aromatic rings. The van der Waals surface area contributed by atoms with Crippen LogP contribution in [0.4, 0.5) is 0 Å². The monoisotopic (exact) mass is 150 g/mol. The van der Waals surface area contributed by atoms with E-state index in [2.05, 4.69) is 26.8 Å². The molecule has 0 bridgehead atoms. The zero-order valence-electron chi connectivity index (χ0n) is 7.91. The highest BCUT2D eigenvalue weighted by Gasteiger charge is 2.10. The molecule has 0 heterocycles. The van der Waals surface area contributed by atoms with Crippen LogP contribution in [0.3, 0.4) is 0 Å². The van der Waals surface area contributed by atoms with Crippen LogP contribution in [0.1, 0.15) is 46.5 Å². The van der Waals surface area contributed by atoms with Crippen LogP contribution in [0.2, 0.25) is 0 Å². The maximum Gasteiger partial charge on any atom is -0.0276 e. The molecule has 0 fully saturated rings. The molecule has 0 atom stereocenters. The van der Waals surface area contributed by atoms with Crippen molar-refractivity contribution in [3.8, 4) is 0 Å². The lowest BCUT2D eigenvalue weighted by atomic mass is 9.88. The second kappa shape index (κ2) is 3.75. The highest BCUT2D eigenvalue weighted by molar-refractivity contribution is 5.50. The van der Waals surface area contributed by atoms with Gasteiger partial charge in [-0.25, -0.2) is 0 Å². The Hall–Kier alpha value is -0.520. The Morgan fingerprint density at radius 3 is 2.36 bits per heavy atom. The van der Waals surface area contributed by atoms with E-state index in [1.165, 1.54) is 31.3 Å². The van der Waals surface area contributed by atoms with Gasteiger partial charge in [-0.3, -0.25) is 0 Å². The summed E-state index contributed by atoms with van der Waals surface area (Å²) >= 11 is 0. The van der Waals surface area contributed by atoms with Crippen LogP contribution < -0.4 is 0 Å². The molecule has 0 saturated heterocycles. The first-order chi connectivity index (χ1) is 5.25. The summed E-state index contributed by atoms with van der Waals surface area (Å²) in [5.74, 6) is 0. The average molecular weight is 150 g/mol. The van der Waals surface area contributed by atoms with Crippen molar-refractivity contribution in [1.82, 2.24) is 0 Å². The Morgan fingerprint density at radius 1 is 1.18 bits per heavy atom. The molecule has 0 unspecified atom stereocenters. The van der Waals surface area contributed by atoms with E-state index in [1.807, 2.05) is 0 Å². The van der Waals surface area contributed by atoms with Crippen molar-refractivity contribution in [2.24, 2.45) is 0 Å². The molecule has 0 nitrogen and oxygen atoms in total. The van der Waals surface area contributed by atoms with E-state index in [0.717, 1.165) is 0 Å². The molecule has 0 aliphatic heterocycles. The minimum Gasteiger partial charge on any atom is -0.0654 e. The van der Waals surface area contributed by atoms with Crippen molar-refractivity contribution in [3.05, 3.63) is 22.8 Å². The Bertz CT molecular complexity index is 194.